The van der Waals surface area contributed by atoms with E-state index < -0.39 is 11.6 Å². The van der Waals surface area contributed by atoms with E-state index in [-0.39, 0.29) is 5.75 Å². The van der Waals surface area contributed by atoms with Crippen molar-refractivity contribution in [3.63, 3.8) is 0 Å². The van der Waals surface area contributed by atoms with Gasteiger partial charge < -0.3 is 10.1 Å². The third-order valence-electron chi connectivity index (χ3n) is 3.01. The zero-order valence-corrected chi connectivity index (χ0v) is 13.8. The lowest BCUT2D eigenvalue weighted by molar-refractivity contribution is -0.123. The van der Waals surface area contributed by atoms with E-state index in [0.29, 0.717) is 16.5 Å². The molecule has 0 spiro atoms. The average molecular weight is 362 g/mol. The third kappa shape index (κ3) is 5.55. The van der Waals surface area contributed by atoms with Crippen molar-refractivity contribution in [3.05, 3.63) is 59.1 Å². The molecule has 0 fully saturated rings. The van der Waals surface area contributed by atoms with Crippen LogP contribution >= 0.6 is 23.4 Å². The lowest BCUT2D eigenvalue weighted by Crippen LogP contribution is -2.33. The Morgan fingerprint density at radius 3 is 2.22 bits per heavy atom. The zero-order valence-electron chi connectivity index (χ0n) is 12.2. The number of alkyl halides is 3. The maximum absolute atomic E-state index is 13.2. The van der Waals surface area contributed by atoms with Gasteiger partial charge in [-0.25, -0.2) is 0 Å². The summed E-state index contributed by atoms with van der Waals surface area (Å²) < 4.78 is 44.6. The second-order valence-corrected chi connectivity index (χ2v) is 6.26. The number of nitrogens with one attached hydrogen (secondary N) is 1. The maximum Gasteiger partial charge on any atom is 0.418 e. The monoisotopic (exact) mass is 361 g/mol. The Bertz CT molecular complexity index is 617. The number of hydrogen-bond donors (Lipinski definition) is 1. The molecule has 0 radical (unpaired) electrons. The fraction of sp³-hybridized carbons (Fsp3) is 0.250. The first kappa shape index (κ1) is 17.8. The van der Waals surface area contributed by atoms with Gasteiger partial charge >= 0.3 is 6.18 Å². The number of rotatable bonds is 6. The van der Waals surface area contributed by atoms with E-state index in [2.05, 4.69) is 5.32 Å². The van der Waals surface area contributed by atoms with E-state index in [4.69, 9.17) is 16.3 Å². The molecule has 7 heteroatoms. The third-order valence-corrected chi connectivity index (χ3v) is 4.49. The molecule has 124 valence electrons. The number of anilines is 1. The van der Waals surface area contributed by atoms with Crippen molar-refractivity contribution < 1.29 is 17.9 Å². The first-order valence-corrected chi connectivity index (χ1v) is 8.14. The minimum absolute atomic E-state index is 0.227. The van der Waals surface area contributed by atoms with E-state index >= 15 is 0 Å². The molecular formula is C16H15ClF3NOS. The van der Waals surface area contributed by atoms with Gasteiger partial charge in [0.1, 0.15) is 5.75 Å². The average Bonchev–Trinajstić information content (AvgIpc) is 2.52. The van der Waals surface area contributed by atoms with Gasteiger partial charge in [0.25, 0.3) is 0 Å². The largest absolute Gasteiger partial charge is 0.497 e. The van der Waals surface area contributed by atoms with Gasteiger partial charge in [-0.3, -0.25) is 0 Å². The summed E-state index contributed by atoms with van der Waals surface area (Å²) in [6.07, 6.45) is -4.36. The van der Waals surface area contributed by atoms with Gasteiger partial charge in [-0.1, -0.05) is 23.7 Å². The van der Waals surface area contributed by atoms with Crippen molar-refractivity contribution in [2.45, 2.75) is 17.3 Å². The van der Waals surface area contributed by atoms with Crippen molar-refractivity contribution in [2.24, 2.45) is 0 Å². The smallest absolute Gasteiger partial charge is 0.418 e. The number of ether oxygens (including phenoxy) is 1. The molecule has 0 unspecified atom stereocenters. The first-order valence-electron chi connectivity index (χ1n) is 6.72. The van der Waals surface area contributed by atoms with Crippen LogP contribution in [0.4, 0.5) is 18.9 Å². The molecule has 0 aliphatic rings. The Morgan fingerprint density at radius 1 is 1.09 bits per heavy atom. The summed E-state index contributed by atoms with van der Waals surface area (Å²) in [5.74, 6) is 0.817. The molecule has 2 aromatic rings. The molecule has 2 rings (SSSR count). The molecule has 0 heterocycles. The Labute approximate surface area is 142 Å². The van der Waals surface area contributed by atoms with Crippen LogP contribution < -0.4 is 10.1 Å². The summed E-state index contributed by atoms with van der Waals surface area (Å²) in [5, 5.41) is 1.36. The van der Waals surface area contributed by atoms with Crippen LogP contribution in [0.15, 0.2) is 48.5 Å². The van der Waals surface area contributed by atoms with E-state index in [1.165, 1.54) is 7.11 Å². The molecule has 0 amide bonds. The first-order chi connectivity index (χ1) is 10.9. The molecular weight excluding hydrogens is 347 g/mol. The number of methoxy groups -OCH3 is 1. The van der Waals surface area contributed by atoms with Crippen LogP contribution in [0.25, 0.3) is 0 Å². The number of halogens is 4. The normalized spacial score (nSPS) is 12.7. The molecule has 2 nitrogen and oxygen atoms in total. The van der Waals surface area contributed by atoms with Gasteiger partial charge in [0.05, 0.1) is 7.11 Å². The number of thioether (sulfide) groups is 1. The van der Waals surface area contributed by atoms with Gasteiger partial charge in [0.15, 0.2) is 5.37 Å². The molecule has 2 aromatic carbocycles. The van der Waals surface area contributed by atoms with Crippen LogP contribution in [0.2, 0.25) is 5.02 Å². The van der Waals surface area contributed by atoms with E-state index in [0.717, 1.165) is 17.3 Å². The van der Waals surface area contributed by atoms with Gasteiger partial charge in [0, 0.05) is 16.5 Å². The minimum atomic E-state index is -4.36. The van der Waals surface area contributed by atoms with Gasteiger partial charge in [0.2, 0.25) is 0 Å². The van der Waals surface area contributed by atoms with Crippen LogP contribution in [0.3, 0.4) is 0 Å². The Balaban J connectivity index is 2.03. The highest BCUT2D eigenvalue weighted by Crippen LogP contribution is 2.33. The highest BCUT2D eigenvalue weighted by molar-refractivity contribution is 7.99. The zero-order chi connectivity index (χ0) is 16.9. The van der Waals surface area contributed by atoms with E-state index in [1.807, 2.05) is 0 Å². The van der Waals surface area contributed by atoms with Crippen LogP contribution in [0.5, 0.6) is 5.75 Å². The van der Waals surface area contributed by atoms with E-state index in [1.54, 1.807) is 48.5 Å². The summed E-state index contributed by atoms with van der Waals surface area (Å²) in [6.45, 7) is 0. The van der Waals surface area contributed by atoms with Gasteiger partial charge in [-0.05, 0) is 42.0 Å². The van der Waals surface area contributed by atoms with Gasteiger partial charge in [-0.2, -0.15) is 13.2 Å². The van der Waals surface area contributed by atoms with Gasteiger partial charge in [-0.15, -0.1) is 11.8 Å². The summed E-state index contributed by atoms with van der Waals surface area (Å²) >= 11 is 6.55. The summed E-state index contributed by atoms with van der Waals surface area (Å²) in [4.78, 5) is 0. The number of benzene rings is 2. The standard InChI is InChI=1S/C16H15ClF3NOS/c1-22-14-8-6-13(7-9-14)21-15(16(18,19)20)23-10-11-2-4-12(17)5-3-11/h2-9,15,21H,10H2,1H3/t15-/m1/s1. The summed E-state index contributed by atoms with van der Waals surface area (Å²) in [5.41, 5.74) is 1.17. The molecule has 0 saturated heterocycles. The highest BCUT2D eigenvalue weighted by Gasteiger charge is 2.40. The van der Waals surface area contributed by atoms with Crippen LogP contribution in [0.1, 0.15) is 5.56 Å². The molecule has 0 aliphatic carbocycles. The molecule has 0 aliphatic heterocycles. The molecule has 1 N–H and O–H groups in total. The molecule has 0 aromatic heterocycles. The molecule has 0 bridgehead atoms. The van der Waals surface area contributed by atoms with Crippen molar-refractivity contribution in [1.29, 1.82) is 0 Å². The van der Waals surface area contributed by atoms with E-state index in [9.17, 15) is 13.2 Å². The lowest BCUT2D eigenvalue weighted by atomic mass is 10.2. The fourth-order valence-corrected chi connectivity index (χ4v) is 2.90. The van der Waals surface area contributed by atoms with Crippen LogP contribution in [0, 0.1) is 0 Å². The fourth-order valence-electron chi connectivity index (χ4n) is 1.82. The SMILES string of the molecule is COc1ccc(N[C@H](SCc2ccc(Cl)cc2)C(F)(F)F)cc1. The Kier molecular flexibility index (Phi) is 6.07. The minimum Gasteiger partial charge on any atom is -0.497 e. The summed E-state index contributed by atoms with van der Waals surface area (Å²) in [6, 6.07) is 13.1. The van der Waals surface area contributed by atoms with Crippen LogP contribution in [-0.4, -0.2) is 18.7 Å². The maximum atomic E-state index is 13.2. The lowest BCUT2D eigenvalue weighted by Gasteiger charge is -2.22. The van der Waals surface area contributed by atoms with Crippen molar-refractivity contribution in [2.75, 3.05) is 12.4 Å². The molecule has 1 atom stereocenters. The Hall–Kier alpha value is -1.53. The number of hydrogen-bond acceptors (Lipinski definition) is 3. The predicted octanol–water partition coefficient (Wildman–Crippen LogP) is 5.58. The second kappa shape index (κ2) is 7.84. The topological polar surface area (TPSA) is 21.3 Å². The quantitative estimate of drug-likeness (QED) is 0.678. The summed E-state index contributed by atoms with van der Waals surface area (Å²) in [7, 11) is 1.50. The van der Waals surface area contributed by atoms with Crippen molar-refractivity contribution in [1.82, 2.24) is 0 Å². The van der Waals surface area contributed by atoms with Crippen molar-refractivity contribution in [3.8, 4) is 5.75 Å². The molecule has 0 saturated carbocycles. The van der Waals surface area contributed by atoms with Crippen LogP contribution in [-0.2, 0) is 5.75 Å². The predicted molar refractivity (Wildman–Crippen MR) is 89.2 cm³/mol. The molecule has 23 heavy (non-hydrogen) atoms. The Morgan fingerprint density at radius 2 is 1.70 bits per heavy atom. The second-order valence-electron chi connectivity index (χ2n) is 4.73. The van der Waals surface area contributed by atoms with Crippen molar-refractivity contribution >= 4 is 29.1 Å². The highest BCUT2D eigenvalue weighted by atomic mass is 35.5.